The highest BCUT2D eigenvalue weighted by Gasteiger charge is 2.15. The van der Waals surface area contributed by atoms with Gasteiger partial charge in [0.05, 0.1) is 0 Å². The third-order valence-corrected chi connectivity index (χ3v) is 5.03. The van der Waals surface area contributed by atoms with Gasteiger partial charge in [-0.3, -0.25) is 4.79 Å². The molecule has 0 fully saturated rings. The highest BCUT2D eigenvalue weighted by Crippen LogP contribution is 2.31. The second kappa shape index (κ2) is 8.57. The number of aromatic hydroxyl groups is 1. The number of phenolic OH excluding ortho intramolecular Hbond substituents is 1. The Hall–Kier alpha value is -2.99. The molecule has 0 saturated heterocycles. The van der Waals surface area contributed by atoms with Gasteiger partial charge in [0, 0.05) is 16.9 Å². The van der Waals surface area contributed by atoms with E-state index < -0.39 is 0 Å². The summed E-state index contributed by atoms with van der Waals surface area (Å²) in [5.41, 5.74) is 3.41. The first kappa shape index (κ1) is 20.7. The highest BCUT2D eigenvalue weighted by molar-refractivity contribution is 6.31. The number of benzene rings is 2. The molecule has 0 unspecified atom stereocenters. The molecule has 0 bridgehead atoms. The average molecular weight is 414 g/mol. The van der Waals surface area contributed by atoms with Crippen LogP contribution < -0.4 is 10.1 Å². The summed E-state index contributed by atoms with van der Waals surface area (Å²) in [6.45, 7) is 7.88. The SMILES string of the molecule is Cc1cc(OCn2ccc(C(=O)Nc3cc(C(C)C)c(O)cc3C)n2)ccc1Cl. The molecule has 2 N–H and O–H groups in total. The summed E-state index contributed by atoms with van der Waals surface area (Å²) in [7, 11) is 0. The maximum absolute atomic E-state index is 12.6. The second-order valence-electron chi connectivity index (χ2n) is 7.26. The highest BCUT2D eigenvalue weighted by atomic mass is 35.5. The van der Waals surface area contributed by atoms with Crippen molar-refractivity contribution in [1.29, 1.82) is 0 Å². The minimum Gasteiger partial charge on any atom is -0.508 e. The molecule has 1 aromatic heterocycles. The number of carbonyl (C=O) groups excluding carboxylic acids is 1. The minimum atomic E-state index is -0.324. The van der Waals surface area contributed by atoms with Crippen molar-refractivity contribution in [3.05, 3.63) is 70.0 Å². The number of aryl methyl sites for hydroxylation is 2. The Morgan fingerprint density at radius 2 is 1.97 bits per heavy atom. The summed E-state index contributed by atoms with van der Waals surface area (Å²) < 4.78 is 7.24. The number of ether oxygens (including phenoxy) is 1. The Balaban J connectivity index is 1.68. The van der Waals surface area contributed by atoms with Gasteiger partial charge < -0.3 is 15.2 Å². The fourth-order valence-electron chi connectivity index (χ4n) is 2.90. The molecule has 0 spiro atoms. The summed E-state index contributed by atoms with van der Waals surface area (Å²) in [4.78, 5) is 12.6. The van der Waals surface area contributed by atoms with Crippen LogP contribution in [0.5, 0.6) is 11.5 Å². The van der Waals surface area contributed by atoms with Gasteiger partial charge >= 0.3 is 0 Å². The topological polar surface area (TPSA) is 76.4 Å². The molecule has 0 aliphatic heterocycles. The lowest BCUT2D eigenvalue weighted by molar-refractivity contribution is 0.102. The average Bonchev–Trinajstić information content (AvgIpc) is 3.13. The molecule has 1 amide bonds. The lowest BCUT2D eigenvalue weighted by atomic mass is 9.99. The predicted octanol–water partition coefficient (Wildman–Crippen LogP) is 5.27. The molecular formula is C22H24ClN3O3. The van der Waals surface area contributed by atoms with Gasteiger partial charge in [-0.1, -0.05) is 25.4 Å². The van der Waals surface area contributed by atoms with E-state index in [2.05, 4.69) is 10.4 Å². The predicted molar refractivity (Wildman–Crippen MR) is 114 cm³/mol. The number of nitrogens with zero attached hydrogens (tertiary/aromatic N) is 2. The largest absolute Gasteiger partial charge is 0.508 e. The van der Waals surface area contributed by atoms with E-state index in [4.69, 9.17) is 16.3 Å². The van der Waals surface area contributed by atoms with Crippen LogP contribution >= 0.6 is 11.6 Å². The van der Waals surface area contributed by atoms with E-state index in [1.807, 2.05) is 33.8 Å². The molecule has 0 aliphatic carbocycles. The monoisotopic (exact) mass is 413 g/mol. The molecule has 1 heterocycles. The number of phenols is 1. The maximum atomic E-state index is 12.6. The molecule has 0 aliphatic rings. The van der Waals surface area contributed by atoms with Gasteiger partial charge in [-0.05, 0) is 72.9 Å². The van der Waals surface area contributed by atoms with Gasteiger partial charge in [-0.25, -0.2) is 4.68 Å². The van der Waals surface area contributed by atoms with Crippen molar-refractivity contribution in [3.8, 4) is 11.5 Å². The van der Waals surface area contributed by atoms with Crippen molar-refractivity contribution in [3.63, 3.8) is 0 Å². The number of amides is 1. The first-order valence-electron chi connectivity index (χ1n) is 9.32. The zero-order valence-corrected chi connectivity index (χ0v) is 17.6. The van der Waals surface area contributed by atoms with Crippen LogP contribution in [-0.4, -0.2) is 20.8 Å². The van der Waals surface area contributed by atoms with Crippen molar-refractivity contribution in [1.82, 2.24) is 9.78 Å². The van der Waals surface area contributed by atoms with Crippen LogP contribution in [0.25, 0.3) is 0 Å². The summed E-state index contributed by atoms with van der Waals surface area (Å²) in [6, 6.07) is 10.5. The number of hydrogen-bond acceptors (Lipinski definition) is 4. The van der Waals surface area contributed by atoms with Crippen molar-refractivity contribution >= 4 is 23.2 Å². The Morgan fingerprint density at radius 1 is 1.21 bits per heavy atom. The standard InChI is InChI=1S/C22H24ClN3O3/c1-13(2)17-11-20(15(4)10-21(17)27)24-22(28)19-7-8-26(25-19)12-29-16-5-6-18(23)14(3)9-16/h5-11,13,27H,12H2,1-4H3,(H,24,28). The lowest BCUT2D eigenvalue weighted by Gasteiger charge is -2.14. The number of carbonyl (C=O) groups is 1. The van der Waals surface area contributed by atoms with Crippen LogP contribution in [0.2, 0.25) is 5.02 Å². The molecule has 0 atom stereocenters. The zero-order valence-electron chi connectivity index (χ0n) is 16.9. The molecule has 0 radical (unpaired) electrons. The molecule has 2 aromatic carbocycles. The van der Waals surface area contributed by atoms with Crippen molar-refractivity contribution in [2.24, 2.45) is 0 Å². The number of rotatable bonds is 6. The molecule has 29 heavy (non-hydrogen) atoms. The van der Waals surface area contributed by atoms with Gasteiger partial charge in [0.25, 0.3) is 5.91 Å². The smallest absolute Gasteiger partial charge is 0.276 e. The third kappa shape index (κ3) is 4.90. The van der Waals surface area contributed by atoms with E-state index in [9.17, 15) is 9.90 Å². The van der Waals surface area contributed by atoms with Gasteiger partial charge in [-0.2, -0.15) is 5.10 Å². The number of anilines is 1. The maximum Gasteiger partial charge on any atom is 0.276 e. The van der Waals surface area contributed by atoms with Crippen molar-refractivity contribution < 1.29 is 14.6 Å². The van der Waals surface area contributed by atoms with Gasteiger partial charge in [-0.15, -0.1) is 0 Å². The van der Waals surface area contributed by atoms with E-state index in [-0.39, 0.29) is 30.0 Å². The molecule has 7 heteroatoms. The van der Waals surface area contributed by atoms with Crippen LogP contribution in [-0.2, 0) is 6.73 Å². The van der Waals surface area contributed by atoms with Crippen LogP contribution in [0.4, 0.5) is 5.69 Å². The number of aromatic nitrogens is 2. The van der Waals surface area contributed by atoms with Crippen molar-refractivity contribution in [2.45, 2.75) is 40.3 Å². The van der Waals surface area contributed by atoms with Crippen LogP contribution in [0.15, 0.2) is 42.6 Å². The van der Waals surface area contributed by atoms with Crippen LogP contribution in [0, 0.1) is 13.8 Å². The van der Waals surface area contributed by atoms with E-state index in [1.165, 1.54) is 0 Å². The Kier molecular flexibility index (Phi) is 6.13. The molecule has 6 nitrogen and oxygen atoms in total. The normalized spacial score (nSPS) is 11.0. The van der Waals surface area contributed by atoms with Crippen molar-refractivity contribution in [2.75, 3.05) is 5.32 Å². The van der Waals surface area contributed by atoms with Crippen LogP contribution in [0.1, 0.15) is 46.9 Å². The lowest BCUT2D eigenvalue weighted by Crippen LogP contribution is -2.15. The van der Waals surface area contributed by atoms with Crippen LogP contribution in [0.3, 0.4) is 0 Å². The van der Waals surface area contributed by atoms with Gasteiger partial charge in [0.2, 0.25) is 0 Å². The molecular weight excluding hydrogens is 390 g/mol. The fourth-order valence-corrected chi connectivity index (χ4v) is 3.01. The number of hydrogen-bond donors (Lipinski definition) is 2. The Bertz CT molecular complexity index is 1040. The molecule has 0 saturated carbocycles. The fraction of sp³-hybridized carbons (Fsp3) is 0.273. The van der Waals surface area contributed by atoms with Gasteiger partial charge in [0.15, 0.2) is 12.4 Å². The minimum absolute atomic E-state index is 0.138. The first-order valence-corrected chi connectivity index (χ1v) is 9.69. The third-order valence-electron chi connectivity index (χ3n) is 4.61. The van der Waals surface area contributed by atoms with E-state index in [0.29, 0.717) is 16.5 Å². The quantitative estimate of drug-likeness (QED) is 0.539. The summed E-state index contributed by atoms with van der Waals surface area (Å²) in [6.07, 6.45) is 1.68. The Labute approximate surface area is 175 Å². The summed E-state index contributed by atoms with van der Waals surface area (Å²) in [5, 5.41) is 17.9. The Morgan fingerprint density at radius 3 is 2.66 bits per heavy atom. The van der Waals surface area contributed by atoms with E-state index in [0.717, 1.165) is 16.7 Å². The number of nitrogens with one attached hydrogen (secondary N) is 1. The first-order chi connectivity index (χ1) is 13.7. The summed E-state index contributed by atoms with van der Waals surface area (Å²) in [5.74, 6) is 0.720. The second-order valence-corrected chi connectivity index (χ2v) is 7.67. The van der Waals surface area contributed by atoms with E-state index >= 15 is 0 Å². The molecule has 152 valence electrons. The van der Waals surface area contributed by atoms with E-state index in [1.54, 1.807) is 41.2 Å². The zero-order chi connectivity index (χ0) is 21.1. The summed E-state index contributed by atoms with van der Waals surface area (Å²) >= 11 is 6.02. The van der Waals surface area contributed by atoms with Gasteiger partial charge in [0.1, 0.15) is 11.5 Å². The number of halogens is 1. The molecule has 3 rings (SSSR count). The molecule has 3 aromatic rings.